The lowest BCUT2D eigenvalue weighted by molar-refractivity contribution is -0.118. The molecule has 23 heavy (non-hydrogen) atoms. The molecule has 2 aromatic carbocycles. The smallest absolute Gasteiger partial charge is 0.227 e. The highest BCUT2D eigenvalue weighted by Crippen LogP contribution is 2.20. The van der Waals surface area contributed by atoms with Crippen molar-refractivity contribution in [1.82, 2.24) is 4.90 Å². The average Bonchev–Trinajstić information content (AvgIpc) is 2.51. The van der Waals surface area contributed by atoms with Crippen molar-refractivity contribution in [2.75, 3.05) is 19.4 Å². The highest BCUT2D eigenvalue weighted by molar-refractivity contribution is 5.92. The zero-order valence-corrected chi connectivity index (χ0v) is 13.9. The van der Waals surface area contributed by atoms with Crippen LogP contribution in [0.1, 0.15) is 29.2 Å². The van der Waals surface area contributed by atoms with Crippen molar-refractivity contribution in [3.05, 3.63) is 65.2 Å². The molecule has 0 aliphatic carbocycles. The molecule has 0 saturated heterocycles. The van der Waals surface area contributed by atoms with Gasteiger partial charge in [0.1, 0.15) is 0 Å². The molecule has 122 valence electrons. The summed E-state index contributed by atoms with van der Waals surface area (Å²) in [4.78, 5) is 14.3. The first-order valence-corrected chi connectivity index (χ1v) is 7.73. The standard InChI is InChI=1S/C19H24N2O2/c1-14-9-10-15(13-21(2)3)11-17(14)20-19(23)12-18(22)16-7-5-4-6-8-16/h4-11,18,22H,12-13H2,1-3H3,(H,20,23). The van der Waals surface area contributed by atoms with Crippen LogP contribution in [-0.2, 0) is 11.3 Å². The minimum Gasteiger partial charge on any atom is -0.388 e. The van der Waals surface area contributed by atoms with Crippen LogP contribution in [-0.4, -0.2) is 30.0 Å². The molecule has 0 fully saturated rings. The molecular weight excluding hydrogens is 288 g/mol. The molecule has 0 spiro atoms. The van der Waals surface area contributed by atoms with Crippen molar-refractivity contribution < 1.29 is 9.90 Å². The molecule has 0 bridgehead atoms. The first kappa shape index (κ1) is 17.2. The molecule has 0 radical (unpaired) electrons. The predicted octanol–water partition coefficient (Wildman–Crippen LogP) is 3.12. The number of nitrogens with zero attached hydrogens (tertiary/aromatic N) is 1. The van der Waals surface area contributed by atoms with Gasteiger partial charge in [0.05, 0.1) is 12.5 Å². The van der Waals surface area contributed by atoms with E-state index < -0.39 is 6.10 Å². The van der Waals surface area contributed by atoms with E-state index in [1.165, 1.54) is 0 Å². The van der Waals surface area contributed by atoms with E-state index in [1.807, 2.05) is 63.5 Å². The SMILES string of the molecule is Cc1ccc(CN(C)C)cc1NC(=O)CC(O)c1ccccc1. The summed E-state index contributed by atoms with van der Waals surface area (Å²) in [5, 5.41) is 13.1. The van der Waals surface area contributed by atoms with Crippen LogP contribution in [0.3, 0.4) is 0 Å². The highest BCUT2D eigenvalue weighted by Gasteiger charge is 2.14. The van der Waals surface area contributed by atoms with Crippen LogP contribution in [0.2, 0.25) is 0 Å². The van der Waals surface area contributed by atoms with Gasteiger partial charge in [-0.25, -0.2) is 0 Å². The zero-order valence-electron chi connectivity index (χ0n) is 13.9. The Kier molecular flexibility index (Phi) is 5.90. The Labute approximate surface area is 137 Å². The van der Waals surface area contributed by atoms with Crippen LogP contribution in [0.4, 0.5) is 5.69 Å². The summed E-state index contributed by atoms with van der Waals surface area (Å²) in [5.41, 5.74) is 3.70. The van der Waals surface area contributed by atoms with Crippen molar-refractivity contribution in [2.45, 2.75) is 26.0 Å². The fraction of sp³-hybridized carbons (Fsp3) is 0.316. The van der Waals surface area contributed by atoms with Gasteiger partial charge in [-0.15, -0.1) is 0 Å². The normalized spacial score (nSPS) is 12.2. The molecule has 1 amide bonds. The first-order valence-electron chi connectivity index (χ1n) is 7.73. The molecule has 1 atom stereocenters. The lowest BCUT2D eigenvalue weighted by atomic mass is 10.1. The molecule has 1 unspecified atom stereocenters. The molecule has 0 heterocycles. The van der Waals surface area contributed by atoms with E-state index in [0.29, 0.717) is 0 Å². The number of benzene rings is 2. The monoisotopic (exact) mass is 312 g/mol. The summed E-state index contributed by atoms with van der Waals surface area (Å²) in [6.45, 7) is 2.78. The topological polar surface area (TPSA) is 52.6 Å². The number of rotatable bonds is 6. The zero-order chi connectivity index (χ0) is 16.8. The molecule has 2 aromatic rings. The van der Waals surface area contributed by atoms with E-state index in [2.05, 4.69) is 16.3 Å². The third-order valence-corrected chi connectivity index (χ3v) is 3.64. The maximum Gasteiger partial charge on any atom is 0.227 e. The van der Waals surface area contributed by atoms with Gasteiger partial charge in [-0.3, -0.25) is 4.79 Å². The van der Waals surface area contributed by atoms with Crippen LogP contribution in [0.25, 0.3) is 0 Å². The summed E-state index contributed by atoms with van der Waals surface area (Å²) in [7, 11) is 4.02. The quantitative estimate of drug-likeness (QED) is 0.861. The second-order valence-corrected chi connectivity index (χ2v) is 6.07. The molecule has 0 aliphatic heterocycles. The van der Waals surface area contributed by atoms with Gasteiger partial charge in [0.15, 0.2) is 0 Å². The van der Waals surface area contributed by atoms with E-state index in [-0.39, 0.29) is 12.3 Å². The summed E-state index contributed by atoms with van der Waals surface area (Å²) in [6, 6.07) is 15.3. The summed E-state index contributed by atoms with van der Waals surface area (Å²) < 4.78 is 0. The third-order valence-electron chi connectivity index (χ3n) is 3.64. The Morgan fingerprint density at radius 2 is 1.87 bits per heavy atom. The van der Waals surface area contributed by atoms with E-state index in [9.17, 15) is 9.90 Å². The molecular formula is C19H24N2O2. The lowest BCUT2D eigenvalue weighted by Gasteiger charge is -2.15. The maximum atomic E-state index is 12.2. The second kappa shape index (κ2) is 7.90. The lowest BCUT2D eigenvalue weighted by Crippen LogP contribution is -2.17. The van der Waals surface area contributed by atoms with Crippen LogP contribution >= 0.6 is 0 Å². The summed E-state index contributed by atoms with van der Waals surface area (Å²) in [5.74, 6) is -0.188. The minimum absolute atomic E-state index is 0.0430. The highest BCUT2D eigenvalue weighted by atomic mass is 16.3. The number of aryl methyl sites for hydroxylation is 1. The maximum absolute atomic E-state index is 12.2. The number of aliphatic hydroxyl groups excluding tert-OH is 1. The molecule has 2 rings (SSSR count). The van der Waals surface area contributed by atoms with E-state index >= 15 is 0 Å². The number of aliphatic hydroxyl groups is 1. The fourth-order valence-electron chi connectivity index (χ4n) is 2.44. The van der Waals surface area contributed by atoms with Crippen molar-refractivity contribution in [1.29, 1.82) is 0 Å². The van der Waals surface area contributed by atoms with Crippen molar-refractivity contribution >= 4 is 11.6 Å². The van der Waals surface area contributed by atoms with Gasteiger partial charge in [0.2, 0.25) is 5.91 Å². The van der Waals surface area contributed by atoms with Crippen molar-refractivity contribution in [3.63, 3.8) is 0 Å². The fourth-order valence-corrected chi connectivity index (χ4v) is 2.44. The largest absolute Gasteiger partial charge is 0.388 e. The Bertz CT molecular complexity index is 654. The number of hydrogen-bond donors (Lipinski definition) is 2. The number of amides is 1. The number of carbonyl (C=O) groups is 1. The Balaban J connectivity index is 2.02. The number of hydrogen-bond acceptors (Lipinski definition) is 3. The first-order chi connectivity index (χ1) is 11.0. The van der Waals surface area contributed by atoms with Crippen LogP contribution in [0.15, 0.2) is 48.5 Å². The van der Waals surface area contributed by atoms with Gasteiger partial charge in [0, 0.05) is 12.2 Å². The van der Waals surface area contributed by atoms with Gasteiger partial charge < -0.3 is 15.3 Å². The van der Waals surface area contributed by atoms with Crippen LogP contribution in [0.5, 0.6) is 0 Å². The number of carbonyl (C=O) groups excluding carboxylic acids is 1. The second-order valence-electron chi connectivity index (χ2n) is 6.07. The molecule has 0 saturated carbocycles. The van der Waals surface area contributed by atoms with E-state index in [0.717, 1.165) is 28.9 Å². The van der Waals surface area contributed by atoms with Gasteiger partial charge in [-0.2, -0.15) is 0 Å². The van der Waals surface area contributed by atoms with E-state index in [1.54, 1.807) is 0 Å². The average molecular weight is 312 g/mol. The van der Waals surface area contributed by atoms with Gasteiger partial charge >= 0.3 is 0 Å². The minimum atomic E-state index is -0.790. The Morgan fingerprint density at radius 1 is 1.17 bits per heavy atom. The van der Waals surface area contributed by atoms with E-state index in [4.69, 9.17) is 0 Å². The molecule has 0 aromatic heterocycles. The van der Waals surface area contributed by atoms with Gasteiger partial charge in [0.25, 0.3) is 0 Å². The Hall–Kier alpha value is -2.17. The molecule has 0 aliphatic rings. The van der Waals surface area contributed by atoms with Crippen LogP contribution in [0, 0.1) is 6.92 Å². The van der Waals surface area contributed by atoms with Crippen LogP contribution < -0.4 is 5.32 Å². The van der Waals surface area contributed by atoms with Crippen molar-refractivity contribution in [2.24, 2.45) is 0 Å². The van der Waals surface area contributed by atoms with Gasteiger partial charge in [-0.05, 0) is 43.8 Å². The van der Waals surface area contributed by atoms with Gasteiger partial charge in [-0.1, -0.05) is 42.5 Å². The summed E-state index contributed by atoms with van der Waals surface area (Å²) in [6.07, 6.45) is -0.747. The molecule has 4 nitrogen and oxygen atoms in total. The summed E-state index contributed by atoms with van der Waals surface area (Å²) >= 11 is 0. The number of anilines is 1. The number of nitrogens with one attached hydrogen (secondary N) is 1. The Morgan fingerprint density at radius 3 is 2.52 bits per heavy atom. The molecule has 2 N–H and O–H groups in total. The molecule has 4 heteroatoms. The third kappa shape index (κ3) is 5.20. The predicted molar refractivity (Wildman–Crippen MR) is 93.2 cm³/mol. The van der Waals surface area contributed by atoms with Crippen molar-refractivity contribution in [3.8, 4) is 0 Å².